The number of benzene rings is 1. The smallest absolute Gasteiger partial charge is 0.243 e. The van der Waals surface area contributed by atoms with E-state index >= 15 is 0 Å². The number of nitrogens with one attached hydrogen (secondary N) is 1. The Balaban J connectivity index is 2.21. The molecule has 0 bridgehead atoms. The Morgan fingerprint density at radius 1 is 1.38 bits per heavy atom. The molecule has 118 valence electrons. The van der Waals surface area contributed by atoms with Crippen LogP contribution in [0.2, 0.25) is 0 Å². The van der Waals surface area contributed by atoms with Crippen molar-refractivity contribution in [2.45, 2.75) is 48.4 Å². The number of halogens is 1. The molecule has 1 aliphatic carbocycles. The Labute approximate surface area is 129 Å². The lowest BCUT2D eigenvalue weighted by Crippen LogP contribution is -2.43. The average molecular weight is 332 g/mol. The molecule has 1 aromatic rings. The number of hydrogen-bond acceptors (Lipinski definition) is 4. The van der Waals surface area contributed by atoms with Gasteiger partial charge in [0.05, 0.1) is 0 Å². The second kappa shape index (κ2) is 7.09. The quantitative estimate of drug-likeness (QED) is 0.867. The first-order valence-corrected chi connectivity index (χ1v) is 9.78. The minimum Gasteiger partial charge on any atom is -0.326 e. The van der Waals surface area contributed by atoms with Crippen LogP contribution in [0, 0.1) is 5.82 Å². The van der Waals surface area contributed by atoms with Gasteiger partial charge in [-0.05, 0) is 36.8 Å². The van der Waals surface area contributed by atoms with Crippen LogP contribution in [0.1, 0.15) is 31.2 Å². The van der Waals surface area contributed by atoms with Gasteiger partial charge in [-0.2, -0.15) is 11.8 Å². The van der Waals surface area contributed by atoms with E-state index in [2.05, 4.69) is 4.72 Å². The van der Waals surface area contributed by atoms with Crippen molar-refractivity contribution in [3.05, 3.63) is 29.6 Å². The first kappa shape index (κ1) is 16.7. The second-order valence-electron chi connectivity index (χ2n) is 5.26. The maximum atomic E-state index is 14.0. The highest BCUT2D eigenvalue weighted by atomic mass is 32.2. The Morgan fingerprint density at radius 2 is 2.10 bits per heavy atom. The summed E-state index contributed by atoms with van der Waals surface area (Å²) in [5, 5.41) is 0.250. The van der Waals surface area contributed by atoms with E-state index in [0.717, 1.165) is 25.7 Å². The number of nitrogens with two attached hydrogens (primary N) is 1. The van der Waals surface area contributed by atoms with Crippen LogP contribution in [-0.2, 0) is 16.6 Å². The molecule has 0 aliphatic heterocycles. The molecule has 21 heavy (non-hydrogen) atoms. The monoisotopic (exact) mass is 332 g/mol. The van der Waals surface area contributed by atoms with E-state index in [1.807, 2.05) is 6.26 Å². The molecule has 2 atom stereocenters. The molecule has 1 fully saturated rings. The van der Waals surface area contributed by atoms with Crippen molar-refractivity contribution < 1.29 is 12.8 Å². The third kappa shape index (κ3) is 3.97. The van der Waals surface area contributed by atoms with Gasteiger partial charge >= 0.3 is 0 Å². The molecule has 2 rings (SSSR count). The third-order valence-electron chi connectivity index (χ3n) is 3.83. The molecule has 1 aromatic carbocycles. The standard InChI is InChI=1S/C14H21FN2O2S2/c1-20-13-5-3-2-4-12(13)17-21(18,19)14-7-6-10(9-16)8-11(14)15/h6-8,12-13,17H,2-5,9,16H2,1H3. The molecule has 3 N–H and O–H groups in total. The van der Waals surface area contributed by atoms with Gasteiger partial charge < -0.3 is 5.73 Å². The minimum atomic E-state index is -3.84. The molecule has 7 heteroatoms. The van der Waals surface area contributed by atoms with E-state index in [1.165, 1.54) is 12.1 Å². The van der Waals surface area contributed by atoms with E-state index < -0.39 is 15.8 Å². The highest BCUT2D eigenvalue weighted by molar-refractivity contribution is 7.99. The summed E-state index contributed by atoms with van der Waals surface area (Å²) in [4.78, 5) is -0.301. The molecule has 0 spiro atoms. The third-order valence-corrected chi connectivity index (χ3v) is 6.53. The van der Waals surface area contributed by atoms with Gasteiger partial charge in [0.1, 0.15) is 10.7 Å². The van der Waals surface area contributed by atoms with Gasteiger partial charge in [-0.3, -0.25) is 0 Å². The van der Waals surface area contributed by atoms with Gasteiger partial charge in [-0.1, -0.05) is 18.9 Å². The fraction of sp³-hybridized carbons (Fsp3) is 0.571. The summed E-state index contributed by atoms with van der Waals surface area (Å²) in [5.41, 5.74) is 6.00. The number of sulfonamides is 1. The molecule has 0 radical (unpaired) electrons. The Kier molecular flexibility index (Phi) is 5.65. The van der Waals surface area contributed by atoms with Crippen LogP contribution < -0.4 is 10.5 Å². The highest BCUT2D eigenvalue weighted by Crippen LogP contribution is 2.28. The van der Waals surface area contributed by atoms with Crippen molar-refractivity contribution in [2.24, 2.45) is 5.73 Å². The molecule has 0 aromatic heterocycles. The van der Waals surface area contributed by atoms with Crippen LogP contribution in [0.4, 0.5) is 4.39 Å². The lowest BCUT2D eigenvalue weighted by Gasteiger charge is -2.30. The van der Waals surface area contributed by atoms with Crippen molar-refractivity contribution in [3.8, 4) is 0 Å². The zero-order valence-electron chi connectivity index (χ0n) is 12.0. The van der Waals surface area contributed by atoms with Gasteiger partial charge in [0, 0.05) is 17.8 Å². The van der Waals surface area contributed by atoms with Crippen LogP contribution in [-0.4, -0.2) is 26.0 Å². The lowest BCUT2D eigenvalue weighted by atomic mass is 9.96. The van der Waals surface area contributed by atoms with Crippen LogP contribution in [0.3, 0.4) is 0 Å². The van der Waals surface area contributed by atoms with Crippen LogP contribution in [0.25, 0.3) is 0 Å². The fourth-order valence-electron chi connectivity index (χ4n) is 2.67. The first-order valence-electron chi connectivity index (χ1n) is 7.01. The maximum absolute atomic E-state index is 14.0. The predicted octanol–water partition coefficient (Wildman–Crippen LogP) is 2.24. The molecule has 0 heterocycles. The summed E-state index contributed by atoms with van der Waals surface area (Å²) in [6, 6.07) is 3.88. The van der Waals surface area contributed by atoms with E-state index in [1.54, 1.807) is 17.8 Å². The minimum absolute atomic E-state index is 0.132. The van der Waals surface area contributed by atoms with Crippen molar-refractivity contribution in [1.29, 1.82) is 0 Å². The Bertz CT molecular complexity index is 593. The van der Waals surface area contributed by atoms with E-state index in [-0.39, 0.29) is 22.7 Å². The van der Waals surface area contributed by atoms with E-state index in [9.17, 15) is 12.8 Å². The van der Waals surface area contributed by atoms with E-state index in [4.69, 9.17) is 5.73 Å². The van der Waals surface area contributed by atoms with Gasteiger partial charge in [-0.25, -0.2) is 17.5 Å². The Morgan fingerprint density at radius 3 is 2.71 bits per heavy atom. The van der Waals surface area contributed by atoms with Crippen molar-refractivity contribution in [2.75, 3.05) is 6.26 Å². The highest BCUT2D eigenvalue weighted by Gasteiger charge is 2.30. The lowest BCUT2D eigenvalue weighted by molar-refractivity contribution is 0.422. The zero-order valence-corrected chi connectivity index (χ0v) is 13.6. The number of rotatable bonds is 5. The number of hydrogen-bond donors (Lipinski definition) is 2. The van der Waals surface area contributed by atoms with Crippen molar-refractivity contribution in [1.82, 2.24) is 4.72 Å². The molecule has 4 nitrogen and oxygen atoms in total. The Hall–Kier alpha value is -0.630. The fourth-order valence-corrected chi connectivity index (χ4v) is 5.06. The van der Waals surface area contributed by atoms with Crippen LogP contribution >= 0.6 is 11.8 Å². The van der Waals surface area contributed by atoms with E-state index in [0.29, 0.717) is 5.56 Å². The number of thioether (sulfide) groups is 1. The summed E-state index contributed by atoms with van der Waals surface area (Å²) in [6.07, 6.45) is 5.88. The summed E-state index contributed by atoms with van der Waals surface area (Å²) < 4.78 is 41.4. The van der Waals surface area contributed by atoms with Crippen molar-refractivity contribution >= 4 is 21.8 Å². The topological polar surface area (TPSA) is 72.2 Å². The van der Waals surface area contributed by atoms with Gasteiger partial charge in [0.15, 0.2) is 0 Å². The maximum Gasteiger partial charge on any atom is 0.243 e. The van der Waals surface area contributed by atoms with Crippen LogP contribution in [0.15, 0.2) is 23.1 Å². The summed E-state index contributed by atoms with van der Waals surface area (Å²) >= 11 is 1.66. The molecular formula is C14H21FN2O2S2. The average Bonchev–Trinajstić information content (AvgIpc) is 2.47. The van der Waals surface area contributed by atoms with Crippen molar-refractivity contribution in [3.63, 3.8) is 0 Å². The summed E-state index contributed by atoms with van der Waals surface area (Å²) in [5.74, 6) is -0.748. The largest absolute Gasteiger partial charge is 0.326 e. The second-order valence-corrected chi connectivity index (χ2v) is 8.01. The molecule has 1 saturated carbocycles. The van der Waals surface area contributed by atoms with Crippen LogP contribution in [0.5, 0.6) is 0 Å². The normalized spacial score (nSPS) is 23.2. The zero-order chi connectivity index (χ0) is 15.5. The molecule has 0 amide bonds. The molecule has 2 unspecified atom stereocenters. The van der Waals surface area contributed by atoms with Gasteiger partial charge in [-0.15, -0.1) is 0 Å². The first-order chi connectivity index (χ1) is 9.97. The predicted molar refractivity (Wildman–Crippen MR) is 84.2 cm³/mol. The molecule has 1 aliphatic rings. The summed E-state index contributed by atoms with van der Waals surface area (Å²) in [6.45, 7) is 0.182. The molecular weight excluding hydrogens is 311 g/mol. The van der Waals surface area contributed by atoms with Gasteiger partial charge in [0.25, 0.3) is 0 Å². The van der Waals surface area contributed by atoms with Gasteiger partial charge in [0.2, 0.25) is 10.0 Å². The molecule has 0 saturated heterocycles. The SMILES string of the molecule is CSC1CCCCC1NS(=O)(=O)c1ccc(CN)cc1F. The summed E-state index contributed by atoms with van der Waals surface area (Å²) in [7, 11) is -3.84.